The quantitative estimate of drug-likeness (QED) is 0.444. The van der Waals surface area contributed by atoms with Crippen LogP contribution in [0.5, 0.6) is 0 Å². The van der Waals surface area contributed by atoms with Crippen molar-refractivity contribution in [3.8, 4) is 0 Å². The number of thioether (sulfide) groups is 1. The lowest BCUT2D eigenvalue weighted by atomic mass is 10.2. The SMILES string of the molecule is C=C/C=C\C=C(/C)CNC(O)/C(C)=C/C=C1/Sc2ccccc2C(Cl)=NC1=C. The van der Waals surface area contributed by atoms with Crippen molar-refractivity contribution in [2.24, 2.45) is 4.99 Å². The van der Waals surface area contributed by atoms with Gasteiger partial charge in [0.2, 0.25) is 0 Å². The first-order valence-corrected chi connectivity index (χ1v) is 10.1. The van der Waals surface area contributed by atoms with Crippen molar-refractivity contribution in [1.82, 2.24) is 5.32 Å². The third kappa shape index (κ3) is 6.50. The van der Waals surface area contributed by atoms with Crippen molar-refractivity contribution in [1.29, 1.82) is 0 Å². The predicted octanol–water partition coefficient (Wildman–Crippen LogP) is 5.72. The highest BCUT2D eigenvalue weighted by Crippen LogP contribution is 2.38. The van der Waals surface area contributed by atoms with E-state index in [1.165, 1.54) is 0 Å². The molecule has 1 unspecified atom stereocenters. The maximum absolute atomic E-state index is 10.3. The molecule has 0 saturated carbocycles. The van der Waals surface area contributed by atoms with E-state index in [1.807, 2.05) is 68.5 Å². The van der Waals surface area contributed by atoms with Gasteiger partial charge in [-0.3, -0.25) is 5.32 Å². The Labute approximate surface area is 176 Å². The summed E-state index contributed by atoms with van der Waals surface area (Å²) in [7, 11) is 0. The maximum atomic E-state index is 10.3. The number of aliphatic hydroxyl groups is 1. The van der Waals surface area contributed by atoms with Gasteiger partial charge < -0.3 is 5.11 Å². The number of hydrogen-bond donors (Lipinski definition) is 2. The second kappa shape index (κ2) is 11.0. The van der Waals surface area contributed by atoms with E-state index >= 15 is 0 Å². The molecule has 0 amide bonds. The summed E-state index contributed by atoms with van der Waals surface area (Å²) in [5.41, 5.74) is 3.40. The fourth-order valence-corrected chi connectivity index (χ4v) is 3.62. The zero-order chi connectivity index (χ0) is 20.5. The van der Waals surface area contributed by atoms with Gasteiger partial charge in [0.25, 0.3) is 0 Å². The van der Waals surface area contributed by atoms with E-state index in [0.29, 0.717) is 17.4 Å². The predicted molar refractivity (Wildman–Crippen MR) is 123 cm³/mol. The first-order chi connectivity index (χ1) is 13.4. The van der Waals surface area contributed by atoms with Crippen LogP contribution in [-0.4, -0.2) is 23.1 Å². The normalized spacial score (nSPS) is 18.1. The van der Waals surface area contributed by atoms with Gasteiger partial charge in [-0.25, -0.2) is 4.99 Å². The number of nitrogens with one attached hydrogen (secondary N) is 1. The zero-order valence-electron chi connectivity index (χ0n) is 16.2. The topological polar surface area (TPSA) is 44.6 Å². The molecule has 0 saturated heterocycles. The fourth-order valence-electron chi connectivity index (χ4n) is 2.34. The molecule has 3 nitrogen and oxygen atoms in total. The van der Waals surface area contributed by atoms with E-state index in [2.05, 4.69) is 23.5 Å². The molecule has 0 fully saturated rings. The molecule has 2 rings (SSSR count). The number of benzene rings is 1. The third-order valence-electron chi connectivity index (χ3n) is 3.98. The highest BCUT2D eigenvalue weighted by atomic mass is 35.5. The summed E-state index contributed by atoms with van der Waals surface area (Å²) in [4.78, 5) is 6.30. The molecule has 1 atom stereocenters. The number of aliphatic hydroxyl groups excluding tert-OH is 1. The van der Waals surface area contributed by atoms with Crippen molar-refractivity contribution in [3.05, 3.63) is 101 Å². The van der Waals surface area contributed by atoms with Gasteiger partial charge >= 0.3 is 0 Å². The second-order valence-electron chi connectivity index (χ2n) is 6.31. The number of nitrogens with zero attached hydrogens (tertiary/aromatic N) is 1. The summed E-state index contributed by atoms with van der Waals surface area (Å²) in [6.07, 6.45) is 10.5. The number of halogens is 1. The van der Waals surface area contributed by atoms with Crippen LogP contribution in [0.2, 0.25) is 0 Å². The van der Waals surface area contributed by atoms with Crippen LogP contribution in [0.1, 0.15) is 19.4 Å². The van der Waals surface area contributed by atoms with Crippen molar-refractivity contribution in [3.63, 3.8) is 0 Å². The largest absolute Gasteiger partial charge is 0.375 e. The first kappa shape index (κ1) is 22.2. The lowest BCUT2D eigenvalue weighted by Crippen LogP contribution is -2.31. The summed E-state index contributed by atoms with van der Waals surface area (Å²) >= 11 is 7.87. The molecule has 1 aliphatic heterocycles. The Morgan fingerprint density at radius 1 is 1.29 bits per heavy atom. The fraction of sp³-hybridized carbons (Fsp3) is 0.174. The molecular formula is C23H25ClN2OS. The minimum atomic E-state index is -0.744. The Morgan fingerprint density at radius 2 is 2.04 bits per heavy atom. The van der Waals surface area contributed by atoms with Crippen LogP contribution in [-0.2, 0) is 0 Å². The highest BCUT2D eigenvalue weighted by Gasteiger charge is 2.16. The highest BCUT2D eigenvalue weighted by molar-refractivity contribution is 8.03. The third-order valence-corrected chi connectivity index (χ3v) is 5.43. The summed E-state index contributed by atoms with van der Waals surface area (Å²) in [6.45, 7) is 12.1. The van der Waals surface area contributed by atoms with Gasteiger partial charge in [0.05, 0.1) is 5.70 Å². The van der Waals surface area contributed by atoms with Crippen molar-refractivity contribution in [2.75, 3.05) is 6.54 Å². The van der Waals surface area contributed by atoms with Crippen LogP contribution < -0.4 is 5.32 Å². The maximum Gasteiger partial charge on any atom is 0.138 e. The van der Waals surface area contributed by atoms with Crippen LogP contribution >= 0.6 is 23.4 Å². The molecule has 0 bridgehead atoms. The van der Waals surface area contributed by atoms with Gasteiger partial charge in [-0.1, -0.05) is 90.7 Å². The van der Waals surface area contributed by atoms with E-state index < -0.39 is 6.23 Å². The Bertz CT molecular complexity index is 894. The zero-order valence-corrected chi connectivity index (χ0v) is 17.7. The number of rotatable bonds is 7. The standard InChI is InChI=1S/C23H25ClN2OS/c1-5-6-7-10-16(2)15-25-23(27)17(3)13-14-20-18(4)26-22(24)19-11-8-9-12-21(19)28-20/h5-14,23,25,27H,1,4,15H2,2-3H3/b7-6-,16-10+,17-13+,20-14+. The Balaban J connectivity index is 2.09. The summed E-state index contributed by atoms with van der Waals surface area (Å²) in [6, 6.07) is 7.85. The van der Waals surface area contributed by atoms with Crippen LogP contribution in [0.3, 0.4) is 0 Å². The summed E-state index contributed by atoms with van der Waals surface area (Å²) in [5, 5.41) is 13.9. The molecule has 146 valence electrons. The molecule has 28 heavy (non-hydrogen) atoms. The van der Waals surface area contributed by atoms with Crippen LogP contribution in [0, 0.1) is 0 Å². The average molecular weight is 413 g/mol. The summed E-state index contributed by atoms with van der Waals surface area (Å²) < 4.78 is 0. The molecule has 0 aliphatic carbocycles. The van der Waals surface area contributed by atoms with Crippen molar-refractivity contribution < 1.29 is 5.11 Å². The molecule has 1 heterocycles. The molecule has 1 aromatic carbocycles. The van der Waals surface area contributed by atoms with E-state index in [0.717, 1.165) is 26.5 Å². The van der Waals surface area contributed by atoms with Crippen LogP contribution in [0.4, 0.5) is 0 Å². The van der Waals surface area contributed by atoms with Gasteiger partial charge in [-0.15, -0.1) is 0 Å². The lowest BCUT2D eigenvalue weighted by Gasteiger charge is -2.13. The molecule has 0 aromatic heterocycles. The van der Waals surface area contributed by atoms with Crippen LogP contribution in [0.25, 0.3) is 0 Å². The Hall–Kier alpha value is -2.11. The number of fused-ring (bicyclic) bond motifs is 1. The number of aliphatic imine (C=N–C) groups is 1. The minimum absolute atomic E-state index is 0.437. The first-order valence-electron chi connectivity index (χ1n) is 8.88. The number of hydrogen-bond acceptors (Lipinski definition) is 4. The van der Waals surface area contributed by atoms with Crippen LogP contribution in [0.15, 0.2) is 106 Å². The lowest BCUT2D eigenvalue weighted by molar-refractivity contribution is 0.177. The number of allylic oxidation sites excluding steroid dienone is 6. The second-order valence-corrected chi connectivity index (χ2v) is 7.75. The van der Waals surface area contributed by atoms with Gasteiger partial charge in [0.15, 0.2) is 0 Å². The molecule has 1 aliphatic rings. The van der Waals surface area contributed by atoms with E-state index in [-0.39, 0.29) is 0 Å². The van der Waals surface area contributed by atoms with Crippen molar-refractivity contribution >= 4 is 28.5 Å². The Kier molecular flexibility index (Phi) is 8.74. The van der Waals surface area contributed by atoms with Gasteiger partial charge in [-0.2, -0.15) is 0 Å². The van der Waals surface area contributed by atoms with Crippen molar-refractivity contribution in [2.45, 2.75) is 25.0 Å². The van der Waals surface area contributed by atoms with Gasteiger partial charge in [-0.05, 0) is 31.6 Å². The van der Waals surface area contributed by atoms with E-state index in [9.17, 15) is 5.11 Å². The molecule has 2 N–H and O–H groups in total. The monoisotopic (exact) mass is 412 g/mol. The minimum Gasteiger partial charge on any atom is -0.375 e. The molecule has 1 aromatic rings. The van der Waals surface area contributed by atoms with E-state index in [1.54, 1.807) is 17.8 Å². The average Bonchev–Trinajstić information content (AvgIpc) is 2.80. The molecule has 0 spiro atoms. The van der Waals surface area contributed by atoms with Gasteiger partial charge in [0.1, 0.15) is 11.4 Å². The molecule has 5 heteroatoms. The smallest absolute Gasteiger partial charge is 0.138 e. The van der Waals surface area contributed by atoms with Gasteiger partial charge in [0, 0.05) is 21.9 Å². The summed E-state index contributed by atoms with van der Waals surface area (Å²) in [5.74, 6) is 0. The Morgan fingerprint density at radius 3 is 2.79 bits per heavy atom. The van der Waals surface area contributed by atoms with E-state index in [4.69, 9.17) is 11.6 Å². The molecule has 0 radical (unpaired) electrons. The molecular weight excluding hydrogens is 388 g/mol.